The molecule has 0 heterocycles. The van der Waals surface area contributed by atoms with Crippen LogP contribution in [0.25, 0.3) is 0 Å². The Bertz CT molecular complexity index is 108. The molecule has 4 heteroatoms. The van der Waals surface area contributed by atoms with E-state index in [-0.39, 0.29) is 13.2 Å². The highest BCUT2D eigenvalue weighted by atomic mass is 32.2. The lowest BCUT2D eigenvalue weighted by molar-refractivity contribution is 0.322. The van der Waals surface area contributed by atoms with Gasteiger partial charge in [0.05, 0.1) is 13.2 Å². The molecule has 0 bridgehead atoms. The molecule has 0 unspecified atom stereocenters. The Labute approximate surface area is 103 Å². The maximum Gasteiger partial charge on any atom is 0.0522 e. The van der Waals surface area contributed by atoms with Gasteiger partial charge < -0.3 is 10.2 Å². The topological polar surface area (TPSA) is 40.5 Å². The summed E-state index contributed by atoms with van der Waals surface area (Å²) in [6.45, 7) is 9.45. The minimum Gasteiger partial charge on any atom is -0.396 e. The summed E-state index contributed by atoms with van der Waals surface area (Å²) in [5.41, 5.74) is 0.542. The second-order valence-electron chi connectivity index (χ2n) is 4.30. The minimum atomic E-state index is 0.254. The van der Waals surface area contributed by atoms with Gasteiger partial charge in [0.15, 0.2) is 0 Å². The fourth-order valence-electron chi connectivity index (χ4n) is 0.306. The van der Waals surface area contributed by atoms with Crippen LogP contribution < -0.4 is 0 Å². The Morgan fingerprint density at radius 3 is 1.47 bits per heavy atom. The summed E-state index contributed by atoms with van der Waals surface area (Å²) in [7, 11) is 0. The Hall–Kier alpha value is 0.620. The number of aliphatic hydroxyl groups excluding tert-OH is 2. The van der Waals surface area contributed by atoms with E-state index in [9.17, 15) is 0 Å². The highest BCUT2D eigenvalue weighted by Crippen LogP contribution is 2.16. The first-order valence-corrected chi connectivity index (χ1v) is 7.66. The van der Waals surface area contributed by atoms with Crippen molar-refractivity contribution in [2.24, 2.45) is 5.41 Å². The van der Waals surface area contributed by atoms with E-state index in [0.717, 1.165) is 16.6 Å². The summed E-state index contributed by atoms with van der Waals surface area (Å²) in [6.07, 6.45) is 1.27. The summed E-state index contributed by atoms with van der Waals surface area (Å²) in [4.78, 5) is 0. The molecule has 0 saturated heterocycles. The Kier molecular flexibility index (Phi) is 15.2. The molecule has 0 aromatic heterocycles. The molecule has 0 saturated carbocycles. The van der Waals surface area contributed by atoms with Gasteiger partial charge in [0, 0.05) is 16.6 Å². The predicted molar refractivity (Wildman–Crippen MR) is 73.7 cm³/mol. The van der Waals surface area contributed by atoms with E-state index in [1.807, 2.05) is 0 Å². The van der Waals surface area contributed by atoms with Crippen LogP contribution in [0.2, 0.25) is 0 Å². The second kappa shape index (κ2) is 12.7. The molecule has 15 heavy (non-hydrogen) atoms. The van der Waals surface area contributed by atoms with Crippen LogP contribution in [0.3, 0.4) is 0 Å². The summed E-state index contributed by atoms with van der Waals surface area (Å²) < 4.78 is 0. The Balaban J connectivity index is 0. The van der Waals surface area contributed by atoms with Crippen molar-refractivity contribution >= 4 is 23.5 Å². The van der Waals surface area contributed by atoms with Crippen LogP contribution in [0, 0.1) is 5.41 Å². The van der Waals surface area contributed by atoms with Gasteiger partial charge in [0.25, 0.3) is 0 Å². The molecule has 94 valence electrons. The number of thioether (sulfide) groups is 2. The molecule has 0 radical (unpaired) electrons. The summed E-state index contributed by atoms with van der Waals surface area (Å²) in [5.74, 6) is 1.61. The van der Waals surface area contributed by atoms with E-state index in [0.29, 0.717) is 5.41 Å². The molecule has 0 rings (SSSR count). The molecule has 0 aromatic carbocycles. The van der Waals surface area contributed by atoms with Crippen LogP contribution in [0.4, 0.5) is 0 Å². The van der Waals surface area contributed by atoms with Crippen molar-refractivity contribution in [2.45, 2.75) is 34.1 Å². The number of rotatable bonds is 6. The van der Waals surface area contributed by atoms with E-state index in [4.69, 9.17) is 10.2 Å². The third kappa shape index (κ3) is 25.2. The minimum absolute atomic E-state index is 0.254. The van der Waals surface area contributed by atoms with Gasteiger partial charge in [0.2, 0.25) is 0 Å². The van der Waals surface area contributed by atoms with Gasteiger partial charge in [-0.25, -0.2) is 0 Å². The lowest BCUT2D eigenvalue weighted by atomic mass is 9.94. The molecule has 0 atom stereocenters. The molecule has 0 fully saturated rings. The number of aliphatic hydroxyl groups is 2. The zero-order valence-electron chi connectivity index (χ0n) is 10.5. The van der Waals surface area contributed by atoms with Gasteiger partial charge in [0.1, 0.15) is 0 Å². The molecule has 0 aliphatic carbocycles. The van der Waals surface area contributed by atoms with Gasteiger partial charge in [-0.2, -0.15) is 0 Å². The quantitative estimate of drug-likeness (QED) is 0.565. The fraction of sp³-hybridized carbons (Fsp3) is 1.00. The van der Waals surface area contributed by atoms with Crippen LogP contribution in [0.5, 0.6) is 0 Å². The molecular weight excluding hydrogens is 228 g/mol. The molecule has 0 aliphatic rings. The molecule has 0 aliphatic heterocycles. The Morgan fingerprint density at radius 1 is 0.933 bits per heavy atom. The molecule has 2 nitrogen and oxygen atoms in total. The van der Waals surface area contributed by atoms with Crippen LogP contribution >= 0.6 is 23.5 Å². The molecule has 0 amide bonds. The first kappa shape index (κ1) is 18.0. The summed E-state index contributed by atoms with van der Waals surface area (Å²) >= 11 is 3.39. The average Bonchev–Trinajstić information content (AvgIpc) is 2.18. The number of hydrogen-bond donors (Lipinski definition) is 2. The SMILES string of the molecule is CCC(C)(C)C.OCCSCSCCO. The second-order valence-corrected chi connectivity index (χ2v) is 6.87. The van der Waals surface area contributed by atoms with Crippen molar-refractivity contribution < 1.29 is 10.2 Å². The first-order chi connectivity index (χ1) is 6.97. The van der Waals surface area contributed by atoms with Crippen molar-refractivity contribution in [3.8, 4) is 0 Å². The third-order valence-corrected chi connectivity index (χ3v) is 3.97. The largest absolute Gasteiger partial charge is 0.396 e. The van der Waals surface area contributed by atoms with E-state index < -0.39 is 0 Å². The normalized spacial score (nSPS) is 10.8. The van der Waals surface area contributed by atoms with Gasteiger partial charge >= 0.3 is 0 Å². The number of hydrogen-bond acceptors (Lipinski definition) is 4. The van der Waals surface area contributed by atoms with E-state index >= 15 is 0 Å². The molecule has 0 aromatic rings. The van der Waals surface area contributed by atoms with Crippen molar-refractivity contribution in [1.29, 1.82) is 0 Å². The smallest absolute Gasteiger partial charge is 0.0522 e. The first-order valence-electron chi connectivity index (χ1n) is 5.35. The van der Waals surface area contributed by atoms with Gasteiger partial charge in [-0.15, -0.1) is 23.5 Å². The lowest BCUT2D eigenvalue weighted by Gasteiger charge is -2.12. The summed E-state index contributed by atoms with van der Waals surface area (Å²) in [6, 6.07) is 0. The standard InChI is InChI=1S/C6H14.C5H12O2S2/c1-5-6(2,3)4;6-1-3-8-5-9-4-2-7/h5H2,1-4H3;6-7H,1-5H2. The average molecular weight is 254 g/mol. The van der Waals surface area contributed by atoms with Gasteiger partial charge in [-0.05, 0) is 5.41 Å². The molecule has 0 spiro atoms. The Morgan fingerprint density at radius 2 is 1.27 bits per heavy atom. The predicted octanol–water partition coefficient (Wildman–Crippen LogP) is 2.84. The third-order valence-electron chi connectivity index (χ3n) is 1.70. The van der Waals surface area contributed by atoms with Crippen molar-refractivity contribution in [3.05, 3.63) is 0 Å². The van der Waals surface area contributed by atoms with Crippen LogP contribution in [-0.4, -0.2) is 40.0 Å². The highest BCUT2D eigenvalue weighted by Gasteiger charge is 2.03. The monoisotopic (exact) mass is 254 g/mol. The van der Waals surface area contributed by atoms with E-state index in [1.54, 1.807) is 23.5 Å². The van der Waals surface area contributed by atoms with Crippen LogP contribution in [0.15, 0.2) is 0 Å². The van der Waals surface area contributed by atoms with Gasteiger partial charge in [-0.1, -0.05) is 34.1 Å². The molecular formula is C11H26O2S2. The van der Waals surface area contributed by atoms with Crippen molar-refractivity contribution in [2.75, 3.05) is 29.8 Å². The maximum absolute atomic E-state index is 8.34. The van der Waals surface area contributed by atoms with Gasteiger partial charge in [-0.3, -0.25) is 0 Å². The summed E-state index contributed by atoms with van der Waals surface area (Å²) in [5, 5.41) is 17.7. The zero-order valence-corrected chi connectivity index (χ0v) is 12.1. The van der Waals surface area contributed by atoms with E-state index in [2.05, 4.69) is 27.7 Å². The van der Waals surface area contributed by atoms with Crippen molar-refractivity contribution in [1.82, 2.24) is 0 Å². The van der Waals surface area contributed by atoms with Crippen LogP contribution in [0.1, 0.15) is 34.1 Å². The molecule has 2 N–H and O–H groups in total. The zero-order chi connectivity index (χ0) is 12.2. The lowest BCUT2D eigenvalue weighted by Crippen LogP contribution is -2.00. The van der Waals surface area contributed by atoms with Crippen molar-refractivity contribution in [3.63, 3.8) is 0 Å². The highest BCUT2D eigenvalue weighted by molar-refractivity contribution is 8.15. The van der Waals surface area contributed by atoms with E-state index in [1.165, 1.54) is 6.42 Å². The van der Waals surface area contributed by atoms with Crippen LogP contribution in [-0.2, 0) is 0 Å². The maximum atomic E-state index is 8.34. The fourth-order valence-corrected chi connectivity index (χ4v) is 1.98.